The first-order chi connectivity index (χ1) is 14.5. The van der Waals surface area contributed by atoms with Gasteiger partial charge in [0.1, 0.15) is 17.3 Å². The summed E-state index contributed by atoms with van der Waals surface area (Å²) in [6.07, 6.45) is 5.17. The number of nitrogen functional groups attached to an aromatic ring is 1. The van der Waals surface area contributed by atoms with E-state index in [-0.39, 0.29) is 23.5 Å². The summed E-state index contributed by atoms with van der Waals surface area (Å²) < 4.78 is 14.5. The molecule has 0 bridgehead atoms. The molecule has 1 amide bonds. The van der Waals surface area contributed by atoms with Crippen LogP contribution in [-0.4, -0.2) is 29.0 Å². The summed E-state index contributed by atoms with van der Waals surface area (Å²) in [4.78, 5) is 22.3. The number of carbonyl (C=O) groups is 1. The fourth-order valence-electron chi connectivity index (χ4n) is 2.86. The monoisotopic (exact) mass is 401 g/mol. The summed E-state index contributed by atoms with van der Waals surface area (Å²) >= 11 is 0. The zero-order chi connectivity index (χ0) is 21.1. The van der Waals surface area contributed by atoms with Gasteiger partial charge in [-0.15, -0.1) is 0 Å². The third-order valence-electron chi connectivity index (χ3n) is 4.76. The zero-order valence-electron chi connectivity index (χ0n) is 16.4. The van der Waals surface area contributed by atoms with Crippen molar-refractivity contribution in [2.75, 3.05) is 17.7 Å². The van der Waals surface area contributed by atoms with Gasteiger partial charge >= 0.3 is 0 Å². The fourth-order valence-corrected chi connectivity index (χ4v) is 2.86. The van der Waals surface area contributed by atoms with Crippen molar-refractivity contribution in [2.24, 2.45) is 0 Å². The number of hydrogen-bond donors (Lipinski definition) is 2. The Morgan fingerprint density at radius 3 is 2.77 bits per heavy atom. The molecule has 0 saturated heterocycles. The first-order valence-corrected chi connectivity index (χ1v) is 9.54. The molecule has 1 fully saturated rings. The summed E-state index contributed by atoms with van der Waals surface area (Å²) in [5.74, 6) is 5.53. The fraction of sp³-hybridized carbons (Fsp3) is 0.174. The van der Waals surface area contributed by atoms with E-state index in [0.717, 1.165) is 12.8 Å². The molecule has 3 aromatic rings. The first-order valence-electron chi connectivity index (χ1n) is 9.54. The van der Waals surface area contributed by atoms with E-state index < -0.39 is 5.82 Å². The van der Waals surface area contributed by atoms with Gasteiger partial charge in [0, 0.05) is 24.8 Å². The van der Waals surface area contributed by atoms with E-state index in [2.05, 4.69) is 27.1 Å². The average molecular weight is 401 g/mol. The molecule has 2 aromatic heterocycles. The number of anilines is 3. The molecule has 1 aliphatic carbocycles. The van der Waals surface area contributed by atoms with Crippen molar-refractivity contribution in [2.45, 2.75) is 18.9 Å². The standard InChI is InChI=1S/C23H20FN5O/c1-29(21-13-16(6-10-20(21)24)23(30)28-18-8-9-18)19-12-15(22(25)27-14-19)5-7-17-4-2-3-11-26-17/h2-4,6,10-14,18H,8-9H2,1H3,(H2,25,27)(H,28,30). The Morgan fingerprint density at radius 1 is 1.20 bits per heavy atom. The maximum absolute atomic E-state index is 14.5. The van der Waals surface area contributed by atoms with Crippen LogP contribution in [0.25, 0.3) is 0 Å². The predicted octanol–water partition coefficient (Wildman–Crippen LogP) is 3.26. The average Bonchev–Trinajstić information content (AvgIpc) is 3.57. The SMILES string of the molecule is CN(c1cnc(N)c(C#Cc2ccccn2)c1)c1cc(C(=O)NC2CC2)ccc1F. The highest BCUT2D eigenvalue weighted by Gasteiger charge is 2.24. The van der Waals surface area contributed by atoms with Gasteiger partial charge in [0.05, 0.1) is 23.1 Å². The Hall–Kier alpha value is -3.92. The predicted molar refractivity (Wildman–Crippen MR) is 114 cm³/mol. The van der Waals surface area contributed by atoms with Gasteiger partial charge in [-0.25, -0.2) is 14.4 Å². The maximum atomic E-state index is 14.5. The number of nitrogens with two attached hydrogens (primary N) is 1. The van der Waals surface area contributed by atoms with Gasteiger partial charge in [-0.05, 0) is 55.2 Å². The number of nitrogens with one attached hydrogen (secondary N) is 1. The van der Waals surface area contributed by atoms with Crippen LogP contribution in [0.5, 0.6) is 0 Å². The smallest absolute Gasteiger partial charge is 0.251 e. The number of rotatable bonds is 4. The molecule has 30 heavy (non-hydrogen) atoms. The molecule has 1 aliphatic rings. The van der Waals surface area contributed by atoms with Crippen LogP contribution in [0.4, 0.5) is 21.6 Å². The molecule has 7 heteroatoms. The Labute approximate surface area is 174 Å². The van der Waals surface area contributed by atoms with Crippen LogP contribution in [0.3, 0.4) is 0 Å². The molecule has 6 nitrogen and oxygen atoms in total. The number of nitrogens with zero attached hydrogens (tertiary/aromatic N) is 3. The number of amides is 1. The molecule has 0 aliphatic heterocycles. The van der Waals surface area contributed by atoms with E-state index in [4.69, 9.17) is 5.73 Å². The van der Waals surface area contributed by atoms with Gasteiger partial charge in [0.25, 0.3) is 5.91 Å². The Balaban J connectivity index is 1.62. The van der Waals surface area contributed by atoms with Gasteiger partial charge in [0.2, 0.25) is 0 Å². The molecule has 0 atom stereocenters. The molecule has 1 saturated carbocycles. The quantitative estimate of drug-likeness (QED) is 0.656. The van der Waals surface area contributed by atoms with Crippen LogP contribution in [0, 0.1) is 17.7 Å². The topological polar surface area (TPSA) is 84.1 Å². The number of halogens is 1. The highest BCUT2D eigenvalue weighted by molar-refractivity contribution is 5.95. The third-order valence-corrected chi connectivity index (χ3v) is 4.76. The van der Waals surface area contributed by atoms with Gasteiger partial charge in [-0.1, -0.05) is 12.0 Å². The van der Waals surface area contributed by atoms with Crippen LogP contribution >= 0.6 is 0 Å². The van der Waals surface area contributed by atoms with E-state index in [0.29, 0.717) is 22.5 Å². The third kappa shape index (κ3) is 4.39. The van der Waals surface area contributed by atoms with Gasteiger partial charge in [0.15, 0.2) is 0 Å². The van der Waals surface area contributed by atoms with Crippen LogP contribution < -0.4 is 16.0 Å². The molecule has 4 rings (SSSR count). The van der Waals surface area contributed by atoms with Crippen LogP contribution in [0.15, 0.2) is 54.9 Å². The maximum Gasteiger partial charge on any atom is 0.251 e. The summed E-state index contributed by atoms with van der Waals surface area (Å²) in [6, 6.07) is 11.7. The van der Waals surface area contributed by atoms with Gasteiger partial charge < -0.3 is 16.0 Å². The highest BCUT2D eigenvalue weighted by atomic mass is 19.1. The summed E-state index contributed by atoms with van der Waals surface area (Å²) in [7, 11) is 1.70. The Morgan fingerprint density at radius 2 is 2.03 bits per heavy atom. The minimum absolute atomic E-state index is 0.204. The van der Waals surface area contributed by atoms with Crippen molar-refractivity contribution in [1.82, 2.24) is 15.3 Å². The Bertz CT molecular complexity index is 1150. The van der Waals surface area contributed by atoms with Crippen molar-refractivity contribution in [3.63, 3.8) is 0 Å². The second-order valence-corrected chi connectivity index (χ2v) is 7.06. The summed E-state index contributed by atoms with van der Waals surface area (Å²) in [5.41, 5.74) is 8.33. The van der Waals surface area contributed by atoms with E-state index in [1.807, 2.05) is 12.1 Å². The molecule has 150 valence electrons. The lowest BCUT2D eigenvalue weighted by molar-refractivity contribution is 0.0951. The van der Waals surface area contributed by atoms with Gasteiger partial charge in [-0.2, -0.15) is 0 Å². The number of benzene rings is 1. The molecular formula is C23H20FN5O. The highest BCUT2D eigenvalue weighted by Crippen LogP contribution is 2.29. The molecule has 2 heterocycles. The molecule has 0 spiro atoms. The van der Waals surface area contributed by atoms with Crippen molar-refractivity contribution in [3.05, 3.63) is 77.5 Å². The van der Waals surface area contributed by atoms with Crippen molar-refractivity contribution in [1.29, 1.82) is 0 Å². The normalized spacial score (nSPS) is 12.6. The van der Waals surface area contributed by atoms with Crippen LogP contribution in [0.2, 0.25) is 0 Å². The lowest BCUT2D eigenvalue weighted by Crippen LogP contribution is -2.25. The zero-order valence-corrected chi connectivity index (χ0v) is 16.4. The first kappa shape index (κ1) is 19.4. The number of aromatic nitrogens is 2. The van der Waals surface area contributed by atoms with Crippen molar-refractivity contribution in [3.8, 4) is 11.8 Å². The number of hydrogen-bond acceptors (Lipinski definition) is 5. The minimum Gasteiger partial charge on any atom is -0.383 e. The van der Waals surface area contributed by atoms with Crippen LogP contribution in [0.1, 0.15) is 34.5 Å². The largest absolute Gasteiger partial charge is 0.383 e. The van der Waals surface area contributed by atoms with E-state index in [9.17, 15) is 9.18 Å². The summed E-state index contributed by atoms with van der Waals surface area (Å²) in [6.45, 7) is 0. The molecule has 3 N–H and O–H groups in total. The lowest BCUT2D eigenvalue weighted by Gasteiger charge is -2.21. The Kier molecular flexibility index (Phi) is 5.31. The number of carbonyl (C=O) groups excluding carboxylic acids is 1. The molecule has 1 aromatic carbocycles. The number of pyridine rings is 2. The molecule has 0 radical (unpaired) electrons. The van der Waals surface area contributed by atoms with E-state index in [1.165, 1.54) is 24.4 Å². The molecule has 0 unspecified atom stereocenters. The van der Waals surface area contributed by atoms with Crippen molar-refractivity contribution < 1.29 is 9.18 Å². The molecular weight excluding hydrogens is 381 g/mol. The van der Waals surface area contributed by atoms with Crippen molar-refractivity contribution >= 4 is 23.1 Å². The second-order valence-electron chi connectivity index (χ2n) is 7.06. The second kappa shape index (κ2) is 8.21. The summed E-state index contributed by atoms with van der Waals surface area (Å²) in [5, 5.41) is 2.91. The minimum atomic E-state index is -0.446. The van der Waals surface area contributed by atoms with Gasteiger partial charge in [-0.3, -0.25) is 4.79 Å². The van der Waals surface area contributed by atoms with E-state index in [1.54, 1.807) is 30.3 Å². The van der Waals surface area contributed by atoms with E-state index >= 15 is 0 Å². The van der Waals surface area contributed by atoms with Crippen LogP contribution in [-0.2, 0) is 0 Å². The lowest BCUT2D eigenvalue weighted by atomic mass is 10.1.